The first-order valence-electron chi connectivity index (χ1n) is 25.8. The minimum atomic E-state index is -4.55. The Balaban J connectivity index is 5.14. The summed E-state index contributed by atoms with van der Waals surface area (Å²) in [7, 11) is 1.16. The molecule has 0 bridgehead atoms. The number of rotatable bonds is 46. The van der Waals surface area contributed by atoms with Gasteiger partial charge in [0.1, 0.15) is 25.8 Å². The zero-order chi connectivity index (χ0) is 51.3. The summed E-state index contributed by atoms with van der Waals surface area (Å²) in [4.78, 5) is 47.4. The fraction of sp³-hybridized carbons (Fsp3) is 0.685. The fourth-order valence-corrected chi connectivity index (χ4v) is 8.31. The molecule has 0 aromatic heterocycles. The molecule has 0 spiro atoms. The van der Waals surface area contributed by atoms with Crippen molar-refractivity contribution in [3.8, 4) is 0 Å². The number of aliphatic hydroxyl groups is 1. The van der Waals surface area contributed by atoms with Crippen LogP contribution in [0.3, 0.4) is 0 Å². The molecule has 396 valence electrons. The summed E-state index contributed by atoms with van der Waals surface area (Å²) in [6, 6.07) is -1.19. The van der Waals surface area contributed by atoms with E-state index in [4.69, 9.17) is 29.4 Å². The number of hydrogen-bond donors (Lipinski definition) is 4. The van der Waals surface area contributed by atoms with Gasteiger partial charge in [0.15, 0.2) is 6.10 Å². The largest absolute Gasteiger partial charge is 0.481 e. The Kier molecular flexibility index (Phi) is 42.8. The van der Waals surface area contributed by atoms with E-state index in [9.17, 15) is 28.9 Å². The van der Waals surface area contributed by atoms with Crippen LogP contribution in [0.1, 0.15) is 162 Å². The molecule has 13 nitrogen and oxygen atoms in total. The molecule has 0 aliphatic rings. The van der Waals surface area contributed by atoms with Crippen molar-refractivity contribution in [3.63, 3.8) is 0 Å². The van der Waals surface area contributed by atoms with Crippen LogP contribution in [-0.2, 0) is 37.5 Å². The maximum atomic E-state index is 13.3. The molecular weight excluding hydrogens is 916 g/mol. The Bertz CT molecular complexity index is 1570. The van der Waals surface area contributed by atoms with Crippen LogP contribution in [0.5, 0.6) is 0 Å². The zero-order valence-corrected chi connectivity index (χ0v) is 44.9. The molecule has 0 radical (unpaired) electrons. The molecule has 0 heterocycles. The Morgan fingerprint density at radius 1 is 0.667 bits per heavy atom. The Hall–Kier alpha value is -3.07. The van der Waals surface area contributed by atoms with E-state index in [0.29, 0.717) is 17.4 Å². The number of thioether (sulfide) groups is 1. The van der Waals surface area contributed by atoms with Gasteiger partial charge in [-0.15, -0.1) is 11.8 Å². The van der Waals surface area contributed by atoms with Crippen LogP contribution in [-0.4, -0.2) is 114 Å². The number of esters is 2. The Morgan fingerprint density at radius 2 is 1.20 bits per heavy atom. The van der Waals surface area contributed by atoms with Crippen molar-refractivity contribution in [2.45, 2.75) is 185 Å². The average molecular weight is 1010 g/mol. The zero-order valence-electron chi connectivity index (χ0n) is 43.2. The van der Waals surface area contributed by atoms with E-state index in [1.807, 2.05) is 45.4 Å². The highest BCUT2D eigenvalue weighted by Crippen LogP contribution is 2.43. The topological polar surface area (TPSA) is 192 Å². The number of aliphatic carboxylic acids is 1. The van der Waals surface area contributed by atoms with E-state index in [0.717, 1.165) is 64.2 Å². The minimum Gasteiger partial charge on any atom is -0.481 e. The number of ether oxygens (including phenoxy) is 2. The molecule has 0 aliphatic heterocycles. The van der Waals surface area contributed by atoms with Gasteiger partial charge in [-0.25, -0.2) is 4.57 Å². The molecule has 5 atom stereocenters. The molecule has 1 unspecified atom stereocenters. The number of carboxylic acids is 1. The Morgan fingerprint density at radius 3 is 1.81 bits per heavy atom. The molecular formula is C54H94N2O11PS+. The lowest BCUT2D eigenvalue weighted by Gasteiger charge is -2.25. The van der Waals surface area contributed by atoms with Crippen molar-refractivity contribution in [2.24, 2.45) is 5.73 Å². The van der Waals surface area contributed by atoms with Crippen LogP contribution in [0.25, 0.3) is 0 Å². The smallest absolute Gasteiger partial charge is 0.472 e. The third-order valence-electron chi connectivity index (χ3n) is 10.6. The predicted octanol–water partition coefficient (Wildman–Crippen LogP) is 12.1. The quantitative estimate of drug-likeness (QED) is 0.0113. The summed E-state index contributed by atoms with van der Waals surface area (Å²) in [6.45, 7) is 3.77. The lowest BCUT2D eigenvalue weighted by molar-refractivity contribution is -0.870. The number of carboxylic acid groups (broad SMARTS) is 1. The molecule has 0 fully saturated rings. The van der Waals surface area contributed by atoms with Crippen molar-refractivity contribution < 1.29 is 57.1 Å². The van der Waals surface area contributed by atoms with E-state index in [-0.39, 0.29) is 38.0 Å². The van der Waals surface area contributed by atoms with Gasteiger partial charge < -0.3 is 34.8 Å². The molecule has 5 N–H and O–H groups in total. The van der Waals surface area contributed by atoms with Crippen molar-refractivity contribution in [2.75, 3.05) is 53.3 Å². The maximum Gasteiger partial charge on any atom is 0.472 e. The second kappa shape index (κ2) is 44.8. The first-order chi connectivity index (χ1) is 33.1. The Labute approximate surface area is 422 Å². The van der Waals surface area contributed by atoms with Gasteiger partial charge in [0, 0.05) is 23.8 Å². The number of aliphatic hydroxyl groups excluding tert-OH is 1. The van der Waals surface area contributed by atoms with Gasteiger partial charge in [0.05, 0.1) is 33.9 Å². The van der Waals surface area contributed by atoms with Crippen LogP contribution in [0.4, 0.5) is 0 Å². The third-order valence-corrected chi connectivity index (χ3v) is 13.0. The number of nitrogens with two attached hydrogens (primary N) is 1. The van der Waals surface area contributed by atoms with Crippen LogP contribution in [0, 0.1) is 0 Å². The van der Waals surface area contributed by atoms with Crippen LogP contribution in [0.2, 0.25) is 0 Å². The normalized spacial score (nSPS) is 15.4. The highest BCUT2D eigenvalue weighted by Gasteiger charge is 2.29. The van der Waals surface area contributed by atoms with Crippen molar-refractivity contribution in [1.29, 1.82) is 0 Å². The summed E-state index contributed by atoms with van der Waals surface area (Å²) >= 11 is 1.21. The van der Waals surface area contributed by atoms with Crippen LogP contribution >= 0.6 is 19.6 Å². The number of phosphoric ester groups is 1. The van der Waals surface area contributed by atoms with Gasteiger partial charge >= 0.3 is 25.7 Å². The highest BCUT2D eigenvalue weighted by molar-refractivity contribution is 8.00. The fourth-order valence-electron chi connectivity index (χ4n) is 6.44. The predicted molar refractivity (Wildman–Crippen MR) is 285 cm³/mol. The van der Waals surface area contributed by atoms with Gasteiger partial charge in [-0.3, -0.25) is 23.4 Å². The van der Waals surface area contributed by atoms with Crippen molar-refractivity contribution in [3.05, 3.63) is 85.1 Å². The average Bonchev–Trinajstić information content (AvgIpc) is 3.29. The summed E-state index contributed by atoms with van der Waals surface area (Å²) in [5, 5.41) is 19.5. The van der Waals surface area contributed by atoms with Gasteiger partial charge in [0.25, 0.3) is 0 Å². The number of carbonyl (C=O) groups excluding carboxylic acids is 2. The third kappa shape index (κ3) is 45.8. The monoisotopic (exact) mass is 1010 g/mol. The summed E-state index contributed by atoms with van der Waals surface area (Å²) in [6.07, 6.45) is 48.1. The van der Waals surface area contributed by atoms with E-state index in [2.05, 4.69) is 62.5 Å². The van der Waals surface area contributed by atoms with Gasteiger partial charge in [0.2, 0.25) is 0 Å². The van der Waals surface area contributed by atoms with Gasteiger partial charge in [-0.05, 0) is 77.0 Å². The summed E-state index contributed by atoms with van der Waals surface area (Å²) in [5.74, 6) is -2.30. The second-order valence-corrected chi connectivity index (χ2v) is 21.1. The lowest BCUT2D eigenvalue weighted by atomic mass is 10.1. The van der Waals surface area contributed by atoms with Crippen molar-refractivity contribution >= 4 is 37.5 Å². The van der Waals surface area contributed by atoms with Crippen molar-refractivity contribution in [1.82, 2.24) is 0 Å². The highest BCUT2D eigenvalue weighted by atomic mass is 32.2. The molecule has 15 heteroatoms. The number of phosphoric acid groups is 1. The number of hydrogen-bond acceptors (Lipinski definition) is 11. The van der Waals surface area contributed by atoms with E-state index >= 15 is 0 Å². The number of quaternary nitrogens is 1. The van der Waals surface area contributed by atoms with Gasteiger partial charge in [-0.1, -0.05) is 157 Å². The van der Waals surface area contributed by atoms with Gasteiger partial charge in [-0.2, -0.15) is 0 Å². The second-order valence-electron chi connectivity index (χ2n) is 18.4. The summed E-state index contributed by atoms with van der Waals surface area (Å²) in [5.41, 5.74) is 6.26. The standard InChI is InChI=1S/C54H93N2O11PS/c1-6-8-10-12-14-16-18-20-21-22-23-24-25-26-27-29-31-33-35-37-42-53(60)64-45-48(46-66-68(62,63)65-44-43-56(3,4)5)67-54(61)49(55)47-69-51(50(57)39-38-41-52(58)59)40-36-34-32-30-28-19-17-15-13-11-9-7-2/h15-18,21-22,24-25,28,30,32,34,36,40,48-51,57H,6-14,19-20,23,26-27,29,31,33,35,37-39,41-47,55H2,1-5H3,(H-,58,59,62,63)/p+1/b17-15-,18-16-,22-21-,25-24-,30-28-,34-32+,40-36+/t48-,49+,50+,51-/m1/s1. The number of carbonyl (C=O) groups is 3. The molecule has 69 heavy (non-hydrogen) atoms. The first kappa shape index (κ1) is 65.9. The summed E-state index contributed by atoms with van der Waals surface area (Å²) < 4.78 is 34.5. The van der Waals surface area contributed by atoms with E-state index < -0.39 is 62.4 Å². The number of allylic oxidation sites excluding steroid dienone is 13. The molecule has 0 amide bonds. The number of likely N-dealkylation sites (N-methyl/N-ethyl adjacent to an activating group) is 1. The number of unbranched alkanes of at least 4 members (excludes halogenated alkanes) is 13. The first-order valence-corrected chi connectivity index (χ1v) is 28.3. The molecule has 0 aromatic carbocycles. The number of nitrogens with zero attached hydrogens (tertiary/aromatic N) is 1. The molecule has 0 saturated carbocycles. The van der Waals surface area contributed by atoms with Crippen LogP contribution < -0.4 is 5.73 Å². The SMILES string of the molecule is CCCCC/C=C\C\C=C/C=C/C=C/[C@@H](SC[C@H](N)C(=O)O[C@H](COC(=O)CCCCCCCC/C=C\C/C=C\C/C=C\CCCCCC)COP(=O)(O)OCC[N+](C)(C)C)[C@@H](O)CCCC(=O)O. The van der Waals surface area contributed by atoms with E-state index in [1.54, 1.807) is 12.2 Å². The molecule has 0 saturated heterocycles. The maximum absolute atomic E-state index is 13.3. The molecule has 0 rings (SSSR count). The van der Waals surface area contributed by atoms with Crippen LogP contribution in [0.15, 0.2) is 85.1 Å². The molecule has 0 aliphatic carbocycles. The van der Waals surface area contributed by atoms with E-state index in [1.165, 1.54) is 63.1 Å². The lowest BCUT2D eigenvalue weighted by Crippen LogP contribution is -2.40. The molecule has 0 aromatic rings. The minimum absolute atomic E-state index is 0.0178.